The van der Waals surface area contributed by atoms with E-state index in [2.05, 4.69) is 0 Å². The zero-order valence-corrected chi connectivity index (χ0v) is 16.7. The summed E-state index contributed by atoms with van der Waals surface area (Å²) in [7, 11) is 1.54. The maximum atomic E-state index is 13.2. The minimum Gasteiger partial charge on any atom is -0.426 e. The molecule has 0 aromatic heterocycles. The standard InChI is InChI=1S/C23H25NO4/c1-21-12-22(2,19(26)24(4)18(21)25)14-23(3,13-21)20(27)28-17-10-9-15-7-5-6-8-16(15)11-17/h5-11H,12-14H2,1-4H3. The van der Waals surface area contributed by atoms with Crippen LogP contribution in [-0.2, 0) is 14.4 Å². The van der Waals surface area contributed by atoms with Gasteiger partial charge >= 0.3 is 5.97 Å². The molecule has 5 nitrogen and oxygen atoms in total. The first kappa shape index (κ1) is 18.7. The molecule has 1 saturated carbocycles. The molecule has 1 aliphatic heterocycles. The molecule has 2 atom stereocenters. The van der Waals surface area contributed by atoms with E-state index in [0.29, 0.717) is 25.0 Å². The fraction of sp³-hybridized carbons (Fsp3) is 0.435. The molecule has 28 heavy (non-hydrogen) atoms. The Morgan fingerprint density at radius 1 is 0.893 bits per heavy atom. The fourth-order valence-electron chi connectivity index (χ4n) is 5.58. The molecule has 2 aliphatic rings. The van der Waals surface area contributed by atoms with Gasteiger partial charge in [-0.3, -0.25) is 19.3 Å². The Labute approximate surface area is 164 Å². The Morgan fingerprint density at radius 2 is 1.46 bits per heavy atom. The predicted octanol–water partition coefficient (Wildman–Crippen LogP) is 3.95. The number of carbonyl (C=O) groups excluding carboxylic acids is 3. The first-order valence-electron chi connectivity index (χ1n) is 9.60. The van der Waals surface area contributed by atoms with E-state index in [4.69, 9.17) is 4.74 Å². The number of hydrogen-bond donors (Lipinski definition) is 0. The number of nitrogens with zero attached hydrogens (tertiary/aromatic N) is 1. The van der Waals surface area contributed by atoms with Crippen molar-refractivity contribution in [3.05, 3.63) is 42.5 Å². The minimum absolute atomic E-state index is 0.209. The number of hydrogen-bond acceptors (Lipinski definition) is 4. The highest BCUT2D eigenvalue weighted by molar-refractivity contribution is 6.04. The third-order valence-electron chi connectivity index (χ3n) is 6.41. The summed E-state index contributed by atoms with van der Waals surface area (Å²) in [6, 6.07) is 13.4. The van der Waals surface area contributed by atoms with E-state index in [1.54, 1.807) is 6.07 Å². The summed E-state index contributed by atoms with van der Waals surface area (Å²) in [6.07, 6.45) is 1.22. The van der Waals surface area contributed by atoms with Crippen LogP contribution in [0.3, 0.4) is 0 Å². The molecule has 2 amide bonds. The van der Waals surface area contributed by atoms with Crippen LogP contribution in [0.2, 0.25) is 0 Å². The van der Waals surface area contributed by atoms with Gasteiger partial charge in [0.05, 0.1) is 5.41 Å². The molecular weight excluding hydrogens is 354 g/mol. The third-order valence-corrected chi connectivity index (χ3v) is 6.41. The SMILES string of the molecule is CN1C(=O)C2(C)CC(C)(C(=O)Oc3ccc4ccccc4c3)CC(C)(C2)C1=O. The van der Waals surface area contributed by atoms with E-state index >= 15 is 0 Å². The molecule has 4 rings (SSSR count). The summed E-state index contributed by atoms with van der Waals surface area (Å²) in [5.41, 5.74) is -2.39. The number of amides is 2. The van der Waals surface area contributed by atoms with Gasteiger partial charge in [-0.15, -0.1) is 0 Å². The van der Waals surface area contributed by atoms with Crippen molar-refractivity contribution < 1.29 is 19.1 Å². The fourth-order valence-corrected chi connectivity index (χ4v) is 5.58. The normalized spacial score (nSPS) is 32.5. The molecule has 0 spiro atoms. The van der Waals surface area contributed by atoms with Crippen molar-refractivity contribution in [2.45, 2.75) is 40.0 Å². The molecule has 2 unspecified atom stereocenters. The number of ether oxygens (including phenoxy) is 1. The number of esters is 1. The van der Waals surface area contributed by atoms with Crippen LogP contribution < -0.4 is 4.74 Å². The van der Waals surface area contributed by atoms with E-state index in [9.17, 15) is 14.4 Å². The van der Waals surface area contributed by atoms with Crippen LogP contribution in [0.5, 0.6) is 5.75 Å². The van der Waals surface area contributed by atoms with Crippen molar-refractivity contribution in [1.29, 1.82) is 0 Å². The number of likely N-dealkylation sites (tertiary alicyclic amines) is 1. The van der Waals surface area contributed by atoms with Gasteiger partial charge in [0.2, 0.25) is 11.8 Å². The number of fused-ring (bicyclic) bond motifs is 3. The number of benzene rings is 2. The van der Waals surface area contributed by atoms with Crippen molar-refractivity contribution in [2.75, 3.05) is 7.05 Å². The maximum absolute atomic E-state index is 13.2. The van der Waals surface area contributed by atoms with Gasteiger partial charge in [-0.2, -0.15) is 0 Å². The minimum atomic E-state index is -0.903. The second-order valence-corrected chi connectivity index (χ2v) is 9.28. The number of rotatable bonds is 2. The van der Waals surface area contributed by atoms with Crippen LogP contribution >= 0.6 is 0 Å². The van der Waals surface area contributed by atoms with Crippen molar-refractivity contribution >= 4 is 28.6 Å². The summed E-state index contributed by atoms with van der Waals surface area (Å²) >= 11 is 0. The third kappa shape index (κ3) is 2.72. The van der Waals surface area contributed by atoms with Crippen molar-refractivity contribution in [3.63, 3.8) is 0 Å². The Kier molecular flexibility index (Phi) is 3.93. The monoisotopic (exact) mass is 379 g/mol. The topological polar surface area (TPSA) is 63.7 Å². The van der Waals surface area contributed by atoms with Crippen LogP contribution in [0, 0.1) is 16.2 Å². The Bertz CT molecular complexity index is 983. The molecule has 2 bridgehead atoms. The second-order valence-electron chi connectivity index (χ2n) is 9.28. The van der Waals surface area contributed by atoms with Crippen LogP contribution in [0.4, 0.5) is 0 Å². The van der Waals surface area contributed by atoms with Gasteiger partial charge < -0.3 is 4.74 Å². The van der Waals surface area contributed by atoms with Gasteiger partial charge in [0.1, 0.15) is 5.75 Å². The van der Waals surface area contributed by atoms with Crippen LogP contribution in [0.15, 0.2) is 42.5 Å². The van der Waals surface area contributed by atoms with Gasteiger partial charge in [0, 0.05) is 17.9 Å². The molecule has 2 aromatic carbocycles. The average molecular weight is 379 g/mol. The predicted molar refractivity (Wildman–Crippen MR) is 106 cm³/mol. The molecule has 5 heteroatoms. The average Bonchev–Trinajstić information content (AvgIpc) is 2.64. The summed E-state index contributed by atoms with van der Waals surface area (Å²) < 4.78 is 5.74. The van der Waals surface area contributed by atoms with Gasteiger partial charge in [-0.25, -0.2) is 0 Å². The molecular formula is C23H25NO4. The lowest BCUT2D eigenvalue weighted by molar-refractivity contribution is -0.181. The molecule has 146 valence electrons. The Balaban J connectivity index is 1.64. The molecule has 1 saturated heterocycles. The van der Waals surface area contributed by atoms with Crippen molar-refractivity contribution in [3.8, 4) is 5.75 Å². The number of carbonyl (C=O) groups is 3. The van der Waals surface area contributed by atoms with Crippen molar-refractivity contribution in [1.82, 2.24) is 4.90 Å². The highest BCUT2D eigenvalue weighted by Crippen LogP contribution is 2.58. The molecule has 2 aromatic rings. The molecule has 0 radical (unpaired) electrons. The van der Waals surface area contributed by atoms with Gasteiger partial charge in [-0.1, -0.05) is 44.2 Å². The summed E-state index contributed by atoms with van der Waals surface area (Å²) in [5.74, 6) is -0.324. The quantitative estimate of drug-likeness (QED) is 0.450. The van der Waals surface area contributed by atoms with E-state index in [0.717, 1.165) is 10.8 Å². The van der Waals surface area contributed by atoms with E-state index in [1.807, 2.05) is 57.2 Å². The lowest BCUT2D eigenvalue weighted by Crippen LogP contribution is -2.63. The van der Waals surface area contributed by atoms with Gasteiger partial charge in [-0.05, 0) is 49.1 Å². The highest BCUT2D eigenvalue weighted by Gasteiger charge is 2.63. The first-order chi connectivity index (χ1) is 13.1. The largest absolute Gasteiger partial charge is 0.426 e. The number of piperidine rings is 1. The van der Waals surface area contributed by atoms with E-state index in [-0.39, 0.29) is 17.8 Å². The number of imide groups is 1. The van der Waals surface area contributed by atoms with Crippen LogP contribution in [0.25, 0.3) is 10.8 Å². The lowest BCUT2D eigenvalue weighted by atomic mass is 9.52. The Hall–Kier alpha value is -2.69. The summed E-state index contributed by atoms with van der Waals surface area (Å²) in [6.45, 7) is 5.53. The van der Waals surface area contributed by atoms with E-state index < -0.39 is 16.2 Å². The van der Waals surface area contributed by atoms with Crippen LogP contribution in [0.1, 0.15) is 40.0 Å². The maximum Gasteiger partial charge on any atom is 0.317 e. The van der Waals surface area contributed by atoms with Gasteiger partial charge in [0.15, 0.2) is 0 Å². The van der Waals surface area contributed by atoms with Crippen molar-refractivity contribution in [2.24, 2.45) is 16.2 Å². The second kappa shape index (κ2) is 5.90. The lowest BCUT2D eigenvalue weighted by Gasteiger charge is -2.55. The molecule has 2 fully saturated rings. The van der Waals surface area contributed by atoms with Gasteiger partial charge in [0.25, 0.3) is 0 Å². The molecule has 1 aliphatic carbocycles. The summed E-state index contributed by atoms with van der Waals surface area (Å²) in [4.78, 5) is 40.0. The zero-order valence-electron chi connectivity index (χ0n) is 16.7. The zero-order chi connectivity index (χ0) is 20.3. The van der Waals surface area contributed by atoms with Crippen LogP contribution in [-0.4, -0.2) is 29.7 Å². The smallest absolute Gasteiger partial charge is 0.317 e. The Morgan fingerprint density at radius 3 is 2.07 bits per heavy atom. The molecule has 0 N–H and O–H groups in total. The van der Waals surface area contributed by atoms with E-state index in [1.165, 1.54) is 11.9 Å². The highest BCUT2D eigenvalue weighted by atomic mass is 16.5. The summed E-state index contributed by atoms with van der Waals surface area (Å²) in [5, 5.41) is 2.06. The first-order valence-corrected chi connectivity index (χ1v) is 9.60. The molecule has 1 heterocycles.